The Hall–Kier alpha value is -4.08. The molecule has 2 N–H and O–H groups in total. The third-order valence-electron chi connectivity index (χ3n) is 7.23. The van der Waals surface area contributed by atoms with Gasteiger partial charge in [-0.1, -0.05) is 6.07 Å². The highest BCUT2D eigenvalue weighted by atomic mass is 19.1. The molecule has 3 aromatic rings. The number of hydrogen-bond acceptors (Lipinski definition) is 7. The monoisotopic (exact) mass is 531 g/mol. The minimum absolute atomic E-state index is 0.304. The zero-order valence-corrected chi connectivity index (χ0v) is 23.0. The Morgan fingerprint density at radius 2 is 2.05 bits per heavy atom. The zero-order chi connectivity index (χ0) is 27.7. The Morgan fingerprint density at radius 3 is 2.67 bits per heavy atom. The minimum atomic E-state index is -0.479. The number of allylic oxidation sites excluding steroid dienone is 1. The highest BCUT2D eigenvalue weighted by Gasteiger charge is 2.32. The van der Waals surface area contributed by atoms with E-state index in [1.165, 1.54) is 6.92 Å². The Balaban J connectivity index is 1.50. The zero-order valence-electron chi connectivity index (χ0n) is 23.0. The SMILES string of the molecule is CC=N/C(=C(\C)F)C1CCc2cc(C)c(N(C=O)Cc3c(NC)cc(-c4n[nH]c(C)n4)nc3C3CC3)cc2O1. The van der Waals surface area contributed by atoms with Crippen molar-refractivity contribution in [2.75, 3.05) is 17.3 Å². The fraction of sp³-hybridized carbons (Fsp3) is 0.414. The molecule has 0 bridgehead atoms. The van der Waals surface area contributed by atoms with Gasteiger partial charge < -0.3 is 15.0 Å². The summed E-state index contributed by atoms with van der Waals surface area (Å²) in [5.41, 5.74) is 6.55. The summed E-state index contributed by atoms with van der Waals surface area (Å²) in [5, 5.41) is 10.5. The van der Waals surface area contributed by atoms with Crippen LogP contribution < -0.4 is 15.0 Å². The summed E-state index contributed by atoms with van der Waals surface area (Å²) in [7, 11) is 1.86. The summed E-state index contributed by atoms with van der Waals surface area (Å²) in [5.74, 6) is 1.90. The van der Waals surface area contributed by atoms with Crippen LogP contribution >= 0.6 is 0 Å². The molecule has 3 heterocycles. The van der Waals surface area contributed by atoms with Crippen LogP contribution in [0.1, 0.15) is 67.2 Å². The van der Waals surface area contributed by atoms with Crippen LogP contribution in [0.2, 0.25) is 0 Å². The molecule has 1 unspecified atom stereocenters. The van der Waals surface area contributed by atoms with E-state index < -0.39 is 6.10 Å². The van der Waals surface area contributed by atoms with Crippen molar-refractivity contribution in [3.63, 3.8) is 0 Å². The number of aromatic amines is 1. The van der Waals surface area contributed by atoms with Crippen LogP contribution in [0.5, 0.6) is 5.75 Å². The van der Waals surface area contributed by atoms with Crippen LogP contribution in [-0.2, 0) is 17.8 Å². The second kappa shape index (κ2) is 11.0. The van der Waals surface area contributed by atoms with Crippen molar-refractivity contribution >= 4 is 24.0 Å². The first-order valence-electron chi connectivity index (χ1n) is 13.3. The first-order valence-corrected chi connectivity index (χ1v) is 13.3. The molecule has 0 spiro atoms. The van der Waals surface area contributed by atoms with Crippen molar-refractivity contribution in [2.24, 2.45) is 4.99 Å². The molecule has 10 heteroatoms. The molecule has 1 aliphatic carbocycles. The first-order chi connectivity index (χ1) is 18.8. The Bertz CT molecular complexity index is 1450. The molecule has 0 saturated heterocycles. The fourth-order valence-electron chi connectivity index (χ4n) is 5.17. The van der Waals surface area contributed by atoms with Crippen molar-refractivity contribution in [3.8, 4) is 17.3 Å². The van der Waals surface area contributed by atoms with Gasteiger partial charge in [0.15, 0.2) is 5.82 Å². The van der Waals surface area contributed by atoms with Crippen molar-refractivity contribution in [3.05, 3.63) is 57.9 Å². The number of nitrogens with zero attached hydrogens (tertiary/aromatic N) is 5. The van der Waals surface area contributed by atoms with Crippen LogP contribution in [0.15, 0.2) is 34.7 Å². The third-order valence-corrected chi connectivity index (χ3v) is 7.23. The number of carbonyl (C=O) groups excluding carboxylic acids is 1. The average Bonchev–Trinajstić information content (AvgIpc) is 3.69. The van der Waals surface area contributed by atoms with Crippen molar-refractivity contribution in [1.29, 1.82) is 0 Å². The number of halogens is 1. The largest absolute Gasteiger partial charge is 0.484 e. The van der Waals surface area contributed by atoms with Crippen molar-refractivity contribution in [1.82, 2.24) is 20.2 Å². The number of aromatic nitrogens is 4. The minimum Gasteiger partial charge on any atom is -0.484 e. The van der Waals surface area contributed by atoms with Gasteiger partial charge in [-0.2, -0.15) is 5.10 Å². The van der Waals surface area contributed by atoms with E-state index in [-0.39, 0.29) is 5.83 Å². The second-order valence-corrected chi connectivity index (χ2v) is 10.1. The summed E-state index contributed by atoms with van der Waals surface area (Å²) >= 11 is 0. The van der Waals surface area contributed by atoms with Gasteiger partial charge in [0.25, 0.3) is 0 Å². The quantitative estimate of drug-likeness (QED) is 0.277. The number of H-pyrrole nitrogens is 1. The molecule has 1 amide bonds. The number of carbonyl (C=O) groups is 1. The third kappa shape index (κ3) is 5.41. The Morgan fingerprint density at radius 1 is 1.26 bits per heavy atom. The van der Waals surface area contributed by atoms with Gasteiger partial charge >= 0.3 is 0 Å². The number of hydrogen-bond donors (Lipinski definition) is 2. The molecule has 39 heavy (non-hydrogen) atoms. The van der Waals surface area contributed by atoms with E-state index in [4.69, 9.17) is 9.72 Å². The van der Waals surface area contributed by atoms with Gasteiger partial charge in [-0.15, -0.1) is 0 Å². The molecule has 204 valence electrons. The summed E-state index contributed by atoms with van der Waals surface area (Å²) < 4.78 is 20.4. The number of amides is 1. The standard InChI is InChI=1S/C29H34FN7O2/c1-6-32-27(17(3)30)25-10-9-20-11-16(2)24(13-26(20)39-25)37(15-38)14-21-22(31-5)12-23(29-33-18(4)35-36-29)34-28(21)19-7-8-19/h6,11-13,15,19,25H,7-10,14H2,1-5H3,(H,31,34)(H,33,35,36)/b27-17+,32-6?. The molecule has 2 aliphatic rings. The molecule has 1 aromatic carbocycles. The molecule has 5 rings (SSSR count). The number of fused-ring (bicyclic) bond motifs is 1. The lowest BCUT2D eigenvalue weighted by Gasteiger charge is -2.29. The van der Waals surface area contributed by atoms with Crippen LogP contribution in [0.3, 0.4) is 0 Å². The van der Waals surface area contributed by atoms with Gasteiger partial charge in [0.1, 0.15) is 34.9 Å². The number of aryl methyl sites for hydroxylation is 3. The average molecular weight is 532 g/mol. The predicted octanol–water partition coefficient (Wildman–Crippen LogP) is 5.55. The van der Waals surface area contributed by atoms with E-state index in [1.54, 1.807) is 18.0 Å². The lowest BCUT2D eigenvalue weighted by molar-refractivity contribution is -0.107. The lowest BCUT2D eigenvalue weighted by Crippen LogP contribution is -2.27. The summed E-state index contributed by atoms with van der Waals surface area (Å²) in [6, 6.07) is 5.88. The van der Waals surface area contributed by atoms with E-state index in [9.17, 15) is 9.18 Å². The molecular weight excluding hydrogens is 497 g/mol. The number of pyridine rings is 1. The van der Waals surface area contributed by atoms with Gasteiger partial charge in [0.2, 0.25) is 6.41 Å². The maximum absolute atomic E-state index is 14.2. The van der Waals surface area contributed by atoms with Gasteiger partial charge in [-0.05, 0) is 70.6 Å². The normalized spacial score (nSPS) is 17.4. The molecule has 1 saturated carbocycles. The van der Waals surface area contributed by atoms with Crippen LogP contribution in [-0.4, -0.2) is 45.9 Å². The smallest absolute Gasteiger partial charge is 0.214 e. The van der Waals surface area contributed by atoms with Crippen molar-refractivity contribution < 1.29 is 13.9 Å². The van der Waals surface area contributed by atoms with Crippen LogP contribution in [0.4, 0.5) is 15.8 Å². The van der Waals surface area contributed by atoms with E-state index in [1.807, 2.05) is 33.0 Å². The first kappa shape index (κ1) is 26.5. The number of rotatable bonds is 9. The van der Waals surface area contributed by atoms with Crippen LogP contribution in [0, 0.1) is 13.8 Å². The molecular formula is C29H34FN7O2. The van der Waals surface area contributed by atoms with Gasteiger partial charge in [0.05, 0.1) is 17.9 Å². The topological polar surface area (TPSA) is 108 Å². The highest BCUT2D eigenvalue weighted by molar-refractivity contribution is 5.79. The van der Waals surface area contributed by atoms with Crippen LogP contribution in [0.25, 0.3) is 11.5 Å². The Labute approximate surface area is 227 Å². The molecule has 2 aromatic heterocycles. The van der Waals surface area contributed by atoms with E-state index in [0.717, 1.165) is 65.3 Å². The number of ether oxygens (including phenoxy) is 1. The Kier molecular flexibility index (Phi) is 7.45. The van der Waals surface area contributed by atoms with Gasteiger partial charge in [-0.25, -0.2) is 14.4 Å². The molecule has 1 atom stereocenters. The van der Waals surface area contributed by atoms with Gasteiger partial charge in [-0.3, -0.25) is 14.9 Å². The van der Waals surface area contributed by atoms with E-state index in [0.29, 0.717) is 41.8 Å². The van der Waals surface area contributed by atoms with E-state index >= 15 is 0 Å². The fourth-order valence-corrected chi connectivity index (χ4v) is 5.17. The molecule has 1 aliphatic heterocycles. The van der Waals surface area contributed by atoms with E-state index in [2.05, 4.69) is 31.6 Å². The second-order valence-electron chi connectivity index (χ2n) is 10.1. The maximum Gasteiger partial charge on any atom is 0.214 e. The predicted molar refractivity (Wildman–Crippen MR) is 150 cm³/mol. The highest BCUT2D eigenvalue weighted by Crippen LogP contribution is 2.44. The number of anilines is 2. The van der Waals surface area contributed by atoms with Gasteiger partial charge in [0, 0.05) is 36.5 Å². The molecule has 0 radical (unpaired) electrons. The summed E-state index contributed by atoms with van der Waals surface area (Å²) in [6.45, 7) is 7.34. The maximum atomic E-state index is 14.2. The van der Waals surface area contributed by atoms with Crippen molar-refractivity contribution in [2.45, 2.75) is 71.9 Å². The summed E-state index contributed by atoms with van der Waals surface area (Å²) in [4.78, 5) is 27.8. The summed E-state index contributed by atoms with van der Waals surface area (Å²) in [6.07, 6.45) is 5.42. The molecule has 9 nitrogen and oxygen atoms in total. The number of aliphatic imine (C=N–C) groups is 1. The number of nitrogens with one attached hydrogen (secondary N) is 2. The molecule has 1 fully saturated rings. The number of benzene rings is 1. The lowest BCUT2D eigenvalue weighted by atomic mass is 9.97.